The van der Waals surface area contributed by atoms with Crippen LogP contribution in [0.5, 0.6) is 0 Å². The van der Waals surface area contributed by atoms with Crippen molar-refractivity contribution in [3.63, 3.8) is 0 Å². The zero-order valence-electron chi connectivity index (χ0n) is 18.0. The first-order chi connectivity index (χ1) is 15.0. The van der Waals surface area contributed by atoms with Crippen LogP contribution < -0.4 is 10.5 Å². The summed E-state index contributed by atoms with van der Waals surface area (Å²) in [4.78, 5) is 17.0. The van der Waals surface area contributed by atoms with Gasteiger partial charge in [0.15, 0.2) is 5.76 Å². The van der Waals surface area contributed by atoms with E-state index in [1.54, 1.807) is 18.1 Å². The number of rotatable bonds is 9. The molecule has 0 saturated carbocycles. The van der Waals surface area contributed by atoms with Gasteiger partial charge in [-0.05, 0) is 59.7 Å². The van der Waals surface area contributed by atoms with Crippen molar-refractivity contribution < 1.29 is 14.1 Å². The second-order valence-corrected chi connectivity index (χ2v) is 7.84. The number of aromatic nitrogens is 5. The number of benzene rings is 1. The minimum Gasteiger partial charge on any atom is -0.463 e. The van der Waals surface area contributed by atoms with Gasteiger partial charge in [0.1, 0.15) is 19.6 Å². The lowest BCUT2D eigenvalue weighted by Crippen LogP contribution is -3.08. The molecule has 0 aliphatic carbocycles. The fourth-order valence-electron chi connectivity index (χ4n) is 3.89. The number of ether oxygens (including phenoxy) is 1. The van der Waals surface area contributed by atoms with Gasteiger partial charge in [-0.1, -0.05) is 6.07 Å². The quantitative estimate of drug-likeness (QED) is 0.419. The van der Waals surface area contributed by atoms with E-state index in [4.69, 9.17) is 9.15 Å². The van der Waals surface area contributed by atoms with Crippen LogP contribution >= 0.6 is 0 Å². The average molecular weight is 423 g/mol. The largest absolute Gasteiger partial charge is 0.463 e. The molecule has 1 unspecified atom stereocenters. The molecule has 0 radical (unpaired) electrons. The number of pyridine rings is 1. The molecule has 4 rings (SSSR count). The zero-order valence-corrected chi connectivity index (χ0v) is 18.0. The molecule has 3 aromatic heterocycles. The molecule has 9 heteroatoms. The van der Waals surface area contributed by atoms with Crippen LogP contribution in [0.25, 0.3) is 10.9 Å². The van der Waals surface area contributed by atoms with Crippen LogP contribution in [0.1, 0.15) is 28.3 Å². The molecule has 2 N–H and O–H groups in total. The van der Waals surface area contributed by atoms with E-state index < -0.39 is 0 Å². The smallest absolute Gasteiger partial charge is 0.257 e. The third kappa shape index (κ3) is 4.89. The standard InChI is InChI=1S/C22H26N6O3/c1-15-9-16(2)19-11-17(22(29)23-20(19)10-15)12-27(13-18-5-4-7-31-18)14-21-24-25-26-28(21)6-8-30-3/h4-5,7,9-11H,6,8,12-14H2,1-3H3,(H,23,29)/p+1. The van der Waals surface area contributed by atoms with Crippen LogP contribution in [0.3, 0.4) is 0 Å². The molecule has 4 aromatic rings. The molecule has 0 bridgehead atoms. The number of hydrogen-bond acceptors (Lipinski definition) is 6. The van der Waals surface area contributed by atoms with E-state index in [1.807, 2.05) is 31.2 Å². The lowest BCUT2D eigenvalue weighted by atomic mass is 10.0. The summed E-state index contributed by atoms with van der Waals surface area (Å²) in [6, 6.07) is 9.93. The van der Waals surface area contributed by atoms with Crippen molar-refractivity contribution in [1.29, 1.82) is 0 Å². The van der Waals surface area contributed by atoms with E-state index in [0.717, 1.165) is 44.1 Å². The zero-order chi connectivity index (χ0) is 21.8. The van der Waals surface area contributed by atoms with Crippen molar-refractivity contribution in [2.45, 2.75) is 40.0 Å². The summed E-state index contributed by atoms with van der Waals surface area (Å²) < 4.78 is 12.5. The summed E-state index contributed by atoms with van der Waals surface area (Å²) in [6.07, 6.45) is 1.66. The maximum absolute atomic E-state index is 12.9. The number of aryl methyl sites for hydroxylation is 2. The van der Waals surface area contributed by atoms with Crippen LogP contribution in [0, 0.1) is 13.8 Å². The van der Waals surface area contributed by atoms with Gasteiger partial charge in [0.25, 0.3) is 5.56 Å². The molecule has 3 heterocycles. The van der Waals surface area contributed by atoms with Crippen molar-refractivity contribution in [2.24, 2.45) is 0 Å². The number of methoxy groups -OCH3 is 1. The number of tetrazole rings is 1. The highest BCUT2D eigenvalue weighted by Crippen LogP contribution is 2.18. The van der Waals surface area contributed by atoms with E-state index >= 15 is 0 Å². The predicted octanol–water partition coefficient (Wildman–Crippen LogP) is 1.16. The molecule has 0 aliphatic rings. The number of aromatic amines is 1. The van der Waals surface area contributed by atoms with E-state index in [0.29, 0.717) is 32.8 Å². The fourth-order valence-corrected chi connectivity index (χ4v) is 3.89. The summed E-state index contributed by atoms with van der Waals surface area (Å²) in [5, 5.41) is 13.1. The lowest BCUT2D eigenvalue weighted by molar-refractivity contribution is -0.942. The van der Waals surface area contributed by atoms with Crippen LogP contribution in [-0.4, -0.2) is 38.9 Å². The number of quaternary nitrogens is 1. The first-order valence-corrected chi connectivity index (χ1v) is 10.3. The van der Waals surface area contributed by atoms with Crippen molar-refractivity contribution in [3.05, 3.63) is 75.2 Å². The SMILES string of the molecule is COCCn1nnnc1C[NH+](Cc1ccco1)Cc1cc2c(C)cc(C)cc2[nH]c1=O. The van der Waals surface area contributed by atoms with Crippen LogP contribution in [-0.2, 0) is 30.9 Å². The van der Waals surface area contributed by atoms with Gasteiger partial charge in [-0.2, -0.15) is 0 Å². The Hall–Kier alpha value is -3.30. The van der Waals surface area contributed by atoms with Crippen molar-refractivity contribution in [1.82, 2.24) is 25.2 Å². The maximum Gasteiger partial charge on any atom is 0.257 e. The first kappa shape index (κ1) is 21.0. The van der Waals surface area contributed by atoms with Gasteiger partial charge in [0, 0.05) is 18.0 Å². The Morgan fingerprint density at radius 2 is 2.06 bits per heavy atom. The predicted molar refractivity (Wildman–Crippen MR) is 115 cm³/mol. The Labute approximate surface area is 179 Å². The van der Waals surface area contributed by atoms with Gasteiger partial charge in [-0.15, -0.1) is 5.10 Å². The number of nitrogens with zero attached hydrogens (tertiary/aromatic N) is 4. The molecule has 0 spiro atoms. The third-order valence-electron chi connectivity index (χ3n) is 5.36. The van der Waals surface area contributed by atoms with Gasteiger partial charge in [0.2, 0.25) is 5.82 Å². The minimum absolute atomic E-state index is 0.0755. The topological polar surface area (TPSA) is 103 Å². The summed E-state index contributed by atoms with van der Waals surface area (Å²) in [6.45, 7) is 6.85. The molecule has 9 nitrogen and oxygen atoms in total. The Kier molecular flexibility index (Phi) is 6.24. The van der Waals surface area contributed by atoms with Gasteiger partial charge in [-0.25, -0.2) is 4.68 Å². The molecule has 1 atom stereocenters. The molecule has 0 amide bonds. The number of furan rings is 1. The second kappa shape index (κ2) is 9.23. The van der Waals surface area contributed by atoms with Gasteiger partial charge in [-0.3, -0.25) is 4.79 Å². The molecular formula is C22H27N6O3+. The van der Waals surface area contributed by atoms with E-state index in [9.17, 15) is 4.79 Å². The van der Waals surface area contributed by atoms with E-state index in [1.165, 1.54) is 0 Å². The Morgan fingerprint density at radius 3 is 2.84 bits per heavy atom. The molecular weight excluding hydrogens is 396 g/mol. The Bertz CT molecular complexity index is 1210. The molecule has 0 saturated heterocycles. The van der Waals surface area contributed by atoms with Crippen LogP contribution in [0.2, 0.25) is 0 Å². The second-order valence-electron chi connectivity index (χ2n) is 7.84. The first-order valence-electron chi connectivity index (χ1n) is 10.3. The molecule has 31 heavy (non-hydrogen) atoms. The summed E-state index contributed by atoms with van der Waals surface area (Å²) in [7, 11) is 1.65. The number of hydrogen-bond donors (Lipinski definition) is 2. The van der Waals surface area contributed by atoms with Gasteiger partial charge < -0.3 is 19.0 Å². The number of fused-ring (bicyclic) bond motifs is 1. The molecule has 1 aromatic carbocycles. The lowest BCUT2D eigenvalue weighted by Gasteiger charge is -2.18. The van der Waals surface area contributed by atoms with Crippen molar-refractivity contribution in [3.8, 4) is 0 Å². The summed E-state index contributed by atoms with van der Waals surface area (Å²) in [5.41, 5.74) is 3.78. The average Bonchev–Trinajstić information content (AvgIpc) is 3.39. The highest BCUT2D eigenvalue weighted by Gasteiger charge is 2.20. The normalized spacial score (nSPS) is 12.5. The Balaban J connectivity index is 1.64. The van der Waals surface area contributed by atoms with Crippen LogP contribution in [0.4, 0.5) is 0 Å². The molecule has 162 valence electrons. The maximum atomic E-state index is 12.9. The molecule has 0 fully saturated rings. The van der Waals surface area contributed by atoms with E-state index in [-0.39, 0.29) is 5.56 Å². The highest BCUT2D eigenvalue weighted by molar-refractivity contribution is 5.83. The van der Waals surface area contributed by atoms with Crippen molar-refractivity contribution in [2.75, 3.05) is 13.7 Å². The fraction of sp³-hybridized carbons (Fsp3) is 0.364. The molecule has 0 aliphatic heterocycles. The van der Waals surface area contributed by atoms with Gasteiger partial charge in [0.05, 0.1) is 25.0 Å². The summed E-state index contributed by atoms with van der Waals surface area (Å²) in [5.74, 6) is 1.58. The highest BCUT2D eigenvalue weighted by atomic mass is 16.5. The minimum atomic E-state index is -0.0755. The van der Waals surface area contributed by atoms with Gasteiger partial charge >= 0.3 is 0 Å². The Morgan fingerprint density at radius 1 is 1.19 bits per heavy atom. The van der Waals surface area contributed by atoms with Crippen molar-refractivity contribution >= 4 is 10.9 Å². The summed E-state index contributed by atoms with van der Waals surface area (Å²) >= 11 is 0. The third-order valence-corrected chi connectivity index (χ3v) is 5.36. The van der Waals surface area contributed by atoms with E-state index in [2.05, 4.69) is 33.5 Å². The van der Waals surface area contributed by atoms with Crippen LogP contribution in [0.15, 0.2) is 45.8 Å². The number of nitrogens with one attached hydrogen (secondary N) is 2. The monoisotopic (exact) mass is 423 g/mol. The number of H-pyrrole nitrogens is 1.